The van der Waals surface area contributed by atoms with Gasteiger partial charge < -0.3 is 10.2 Å². The fourth-order valence-electron chi connectivity index (χ4n) is 2.86. The van der Waals surface area contributed by atoms with Crippen LogP contribution < -0.4 is 0 Å². The number of carbonyl (C=O) groups is 1. The lowest BCUT2D eigenvalue weighted by molar-refractivity contribution is -0.142. The number of aliphatic hydroxyl groups is 1. The topological polar surface area (TPSA) is 98.2 Å². The Labute approximate surface area is 113 Å². The first-order valence-corrected chi connectivity index (χ1v) is 8.00. The van der Waals surface area contributed by atoms with Gasteiger partial charge in [-0.05, 0) is 32.1 Å². The maximum Gasteiger partial charge on any atom is 0.322 e. The fourth-order valence-corrected chi connectivity index (χ4v) is 4.91. The third kappa shape index (κ3) is 2.76. The molecule has 19 heavy (non-hydrogen) atoms. The zero-order valence-electron chi connectivity index (χ0n) is 10.7. The first-order valence-electron chi connectivity index (χ1n) is 6.60. The van der Waals surface area contributed by atoms with Gasteiger partial charge in [-0.3, -0.25) is 4.79 Å². The lowest BCUT2D eigenvalue weighted by Gasteiger charge is -2.36. The number of aliphatic hydroxyl groups excluding tert-OH is 1. The number of hydrogen-bond donors (Lipinski definition) is 2. The third-order valence-corrected chi connectivity index (χ3v) is 5.97. The van der Waals surface area contributed by atoms with Crippen molar-refractivity contribution in [2.75, 3.05) is 19.7 Å². The fraction of sp³-hybridized carbons (Fsp3) is 0.909. The minimum absolute atomic E-state index is 0.217. The van der Waals surface area contributed by atoms with E-state index in [2.05, 4.69) is 0 Å². The molecule has 1 unspecified atom stereocenters. The number of nitrogens with zero attached hydrogens (tertiary/aromatic N) is 2. The van der Waals surface area contributed by atoms with Crippen LogP contribution in [0, 0.1) is 0 Å². The molecule has 0 aliphatic carbocycles. The lowest BCUT2D eigenvalue weighted by Crippen LogP contribution is -2.54. The molecule has 2 heterocycles. The number of piperidine rings is 1. The third-order valence-electron chi connectivity index (χ3n) is 3.87. The van der Waals surface area contributed by atoms with Gasteiger partial charge in [-0.1, -0.05) is 0 Å². The van der Waals surface area contributed by atoms with Gasteiger partial charge in [-0.15, -0.1) is 0 Å². The highest BCUT2D eigenvalue weighted by atomic mass is 32.2. The van der Waals surface area contributed by atoms with Crippen molar-refractivity contribution in [3.8, 4) is 0 Å². The van der Waals surface area contributed by atoms with E-state index in [9.17, 15) is 18.3 Å². The molecule has 2 N–H and O–H groups in total. The molecule has 0 aromatic heterocycles. The van der Waals surface area contributed by atoms with Crippen LogP contribution >= 0.6 is 0 Å². The zero-order valence-corrected chi connectivity index (χ0v) is 11.5. The Kier molecular flexibility index (Phi) is 4.44. The van der Waals surface area contributed by atoms with E-state index in [0.29, 0.717) is 32.2 Å². The molecular weight excluding hydrogens is 272 g/mol. The van der Waals surface area contributed by atoms with E-state index in [1.54, 1.807) is 0 Å². The minimum atomic E-state index is -3.79. The van der Waals surface area contributed by atoms with Crippen molar-refractivity contribution in [1.82, 2.24) is 8.61 Å². The molecule has 2 aliphatic rings. The standard InChI is InChI=1S/C11H20N2O5S/c14-8-9-4-3-7-12(9)19(17,18)13-6-2-1-5-10(13)11(15)16/h9-10,14H,1-8H2,(H,15,16)/t9-,10?/m0/s1. The number of aliphatic carboxylic acids is 1. The summed E-state index contributed by atoms with van der Waals surface area (Å²) in [6.07, 6.45) is 3.09. The van der Waals surface area contributed by atoms with E-state index in [-0.39, 0.29) is 13.2 Å². The molecular formula is C11H20N2O5S. The van der Waals surface area contributed by atoms with Crippen molar-refractivity contribution in [2.45, 2.75) is 44.2 Å². The first-order chi connectivity index (χ1) is 8.98. The Morgan fingerprint density at radius 1 is 1.11 bits per heavy atom. The molecule has 2 atom stereocenters. The quantitative estimate of drug-likeness (QED) is 0.736. The summed E-state index contributed by atoms with van der Waals surface area (Å²) in [4.78, 5) is 11.2. The van der Waals surface area contributed by atoms with Crippen LogP contribution in [-0.2, 0) is 15.0 Å². The predicted octanol–water partition coefficient (Wildman–Crippen LogP) is -0.373. The molecule has 2 saturated heterocycles. The molecule has 110 valence electrons. The number of carboxylic acids is 1. The summed E-state index contributed by atoms with van der Waals surface area (Å²) < 4.78 is 27.4. The average molecular weight is 292 g/mol. The highest BCUT2D eigenvalue weighted by Crippen LogP contribution is 2.28. The second-order valence-electron chi connectivity index (χ2n) is 5.06. The van der Waals surface area contributed by atoms with E-state index >= 15 is 0 Å². The van der Waals surface area contributed by atoms with Crippen molar-refractivity contribution in [3.63, 3.8) is 0 Å². The minimum Gasteiger partial charge on any atom is -0.480 e. The summed E-state index contributed by atoms with van der Waals surface area (Å²) in [7, 11) is -3.79. The van der Waals surface area contributed by atoms with Crippen LogP contribution in [0.25, 0.3) is 0 Å². The Bertz CT molecular complexity index is 438. The van der Waals surface area contributed by atoms with Crippen molar-refractivity contribution in [1.29, 1.82) is 0 Å². The monoisotopic (exact) mass is 292 g/mol. The summed E-state index contributed by atoms with van der Waals surface area (Å²) in [5.74, 6) is -1.09. The van der Waals surface area contributed by atoms with Gasteiger partial charge in [0, 0.05) is 19.1 Å². The van der Waals surface area contributed by atoms with Crippen LogP contribution in [0.1, 0.15) is 32.1 Å². The van der Waals surface area contributed by atoms with Gasteiger partial charge in [0.25, 0.3) is 10.2 Å². The second kappa shape index (κ2) is 5.74. The van der Waals surface area contributed by atoms with Crippen LogP contribution in [0.2, 0.25) is 0 Å². The van der Waals surface area contributed by atoms with Gasteiger partial charge in [0.1, 0.15) is 6.04 Å². The Morgan fingerprint density at radius 2 is 1.79 bits per heavy atom. The molecule has 0 aromatic rings. The Morgan fingerprint density at radius 3 is 2.42 bits per heavy atom. The highest BCUT2D eigenvalue weighted by Gasteiger charge is 2.43. The normalized spacial score (nSPS) is 30.6. The Balaban J connectivity index is 2.24. The van der Waals surface area contributed by atoms with Gasteiger partial charge >= 0.3 is 5.97 Å². The molecule has 8 heteroatoms. The molecule has 0 bridgehead atoms. The second-order valence-corrected chi connectivity index (χ2v) is 6.89. The van der Waals surface area contributed by atoms with Crippen molar-refractivity contribution in [2.24, 2.45) is 0 Å². The molecule has 2 aliphatic heterocycles. The summed E-state index contributed by atoms with van der Waals surface area (Å²) in [6, 6.07) is -1.39. The van der Waals surface area contributed by atoms with Crippen LogP contribution in [0.3, 0.4) is 0 Å². The molecule has 0 aromatic carbocycles. The van der Waals surface area contributed by atoms with Gasteiger partial charge in [0.05, 0.1) is 6.61 Å². The molecule has 7 nitrogen and oxygen atoms in total. The predicted molar refractivity (Wildman–Crippen MR) is 67.7 cm³/mol. The lowest BCUT2D eigenvalue weighted by atomic mass is 10.1. The van der Waals surface area contributed by atoms with Crippen molar-refractivity contribution in [3.05, 3.63) is 0 Å². The summed E-state index contributed by atoms with van der Waals surface area (Å²) >= 11 is 0. The van der Waals surface area contributed by atoms with Crippen LogP contribution in [0.4, 0.5) is 0 Å². The van der Waals surface area contributed by atoms with Crippen molar-refractivity contribution >= 4 is 16.2 Å². The smallest absolute Gasteiger partial charge is 0.322 e. The number of carboxylic acid groups (broad SMARTS) is 1. The summed E-state index contributed by atoms with van der Waals surface area (Å²) in [6.45, 7) is 0.384. The number of hydrogen-bond acceptors (Lipinski definition) is 4. The molecule has 2 rings (SSSR count). The average Bonchev–Trinajstić information content (AvgIpc) is 2.87. The van der Waals surface area contributed by atoms with Gasteiger partial charge in [0.15, 0.2) is 0 Å². The van der Waals surface area contributed by atoms with Gasteiger partial charge in [-0.2, -0.15) is 17.0 Å². The molecule has 0 saturated carbocycles. The van der Waals surface area contributed by atoms with E-state index in [1.165, 1.54) is 4.31 Å². The van der Waals surface area contributed by atoms with Crippen LogP contribution in [0.15, 0.2) is 0 Å². The van der Waals surface area contributed by atoms with Gasteiger partial charge in [0.2, 0.25) is 0 Å². The van der Waals surface area contributed by atoms with Gasteiger partial charge in [-0.25, -0.2) is 0 Å². The maximum absolute atomic E-state index is 12.5. The summed E-state index contributed by atoms with van der Waals surface area (Å²) in [5, 5.41) is 18.4. The molecule has 0 radical (unpaired) electrons. The molecule has 0 amide bonds. The molecule has 2 fully saturated rings. The van der Waals surface area contributed by atoms with E-state index in [1.807, 2.05) is 0 Å². The van der Waals surface area contributed by atoms with E-state index in [4.69, 9.17) is 5.11 Å². The van der Waals surface area contributed by atoms with Crippen molar-refractivity contribution < 1.29 is 23.4 Å². The van der Waals surface area contributed by atoms with Crippen LogP contribution in [-0.4, -0.2) is 65.0 Å². The Hall–Kier alpha value is -0.700. The summed E-state index contributed by atoms with van der Waals surface area (Å²) in [5.41, 5.74) is 0. The SMILES string of the molecule is O=C(O)C1CCCCN1S(=O)(=O)N1CCC[C@H]1CO. The van der Waals surface area contributed by atoms with E-state index < -0.39 is 28.3 Å². The first kappa shape index (κ1) is 14.7. The molecule has 0 spiro atoms. The highest BCUT2D eigenvalue weighted by molar-refractivity contribution is 7.86. The number of rotatable bonds is 4. The largest absolute Gasteiger partial charge is 0.480 e. The zero-order chi connectivity index (χ0) is 14.0. The van der Waals surface area contributed by atoms with Crippen LogP contribution in [0.5, 0.6) is 0 Å². The van der Waals surface area contributed by atoms with E-state index in [0.717, 1.165) is 10.7 Å². The maximum atomic E-state index is 12.5.